The van der Waals surface area contributed by atoms with E-state index in [4.69, 9.17) is 14.2 Å². The fraction of sp³-hybridized carbons (Fsp3) is 0.382. The van der Waals surface area contributed by atoms with Crippen LogP contribution in [-0.4, -0.2) is 66.4 Å². The van der Waals surface area contributed by atoms with Gasteiger partial charge in [0.1, 0.15) is 6.61 Å². The number of hydrogen-bond donors (Lipinski definition) is 2. The summed E-state index contributed by atoms with van der Waals surface area (Å²) in [4.78, 5) is 17.1. The van der Waals surface area contributed by atoms with Gasteiger partial charge in [0, 0.05) is 56.4 Å². The van der Waals surface area contributed by atoms with Crippen LogP contribution in [0.25, 0.3) is 0 Å². The number of anilines is 1. The molecule has 3 aromatic rings. The summed E-state index contributed by atoms with van der Waals surface area (Å²) in [7, 11) is 0. The van der Waals surface area contributed by atoms with Gasteiger partial charge in [-0.25, -0.2) is 4.79 Å². The summed E-state index contributed by atoms with van der Waals surface area (Å²) >= 11 is 0. The van der Waals surface area contributed by atoms with Crippen LogP contribution in [0.3, 0.4) is 0 Å². The van der Waals surface area contributed by atoms with Crippen molar-refractivity contribution in [1.29, 1.82) is 0 Å². The number of nitrogens with zero attached hydrogens (tertiary/aromatic N) is 2. The average Bonchev–Trinajstić information content (AvgIpc) is 3.02. The highest BCUT2D eigenvalue weighted by Crippen LogP contribution is 2.42. The van der Waals surface area contributed by atoms with Crippen LogP contribution in [0.5, 0.6) is 0 Å². The van der Waals surface area contributed by atoms with Gasteiger partial charge in [0.05, 0.1) is 18.8 Å². The lowest BCUT2D eigenvalue weighted by atomic mass is 9.90. The van der Waals surface area contributed by atoms with Crippen molar-refractivity contribution in [3.8, 4) is 0 Å². The lowest BCUT2D eigenvalue weighted by Crippen LogP contribution is -2.51. The number of carbonyl (C=O) groups is 1. The Morgan fingerprint density at radius 2 is 1.69 bits per heavy atom. The molecule has 8 nitrogen and oxygen atoms in total. The van der Waals surface area contributed by atoms with E-state index in [0.29, 0.717) is 5.69 Å². The maximum atomic E-state index is 12.1. The monoisotopic (exact) mass is 571 g/mol. The zero-order chi connectivity index (χ0) is 29.3. The Kier molecular flexibility index (Phi) is 10.4. The van der Waals surface area contributed by atoms with E-state index in [-0.39, 0.29) is 31.3 Å². The molecule has 0 bridgehead atoms. The predicted octanol–water partition coefficient (Wildman–Crippen LogP) is 5.52. The molecule has 0 radical (unpaired) electrons. The quantitative estimate of drug-likeness (QED) is 0.310. The van der Waals surface area contributed by atoms with E-state index in [1.54, 1.807) is 0 Å². The molecule has 0 aromatic heterocycles. The fourth-order valence-corrected chi connectivity index (χ4v) is 5.61. The summed E-state index contributed by atoms with van der Waals surface area (Å²) in [6.45, 7) is 11.7. The highest BCUT2D eigenvalue weighted by atomic mass is 16.7. The molecule has 0 unspecified atom stereocenters. The number of amides is 1. The Morgan fingerprint density at radius 3 is 2.40 bits per heavy atom. The van der Waals surface area contributed by atoms with Gasteiger partial charge < -0.3 is 19.3 Å². The average molecular weight is 572 g/mol. The molecule has 2 aliphatic heterocycles. The first kappa shape index (κ1) is 29.9. The minimum Gasteiger partial charge on any atom is -0.445 e. The van der Waals surface area contributed by atoms with Gasteiger partial charge in [-0.05, 0) is 28.8 Å². The molecule has 42 heavy (non-hydrogen) atoms. The van der Waals surface area contributed by atoms with Gasteiger partial charge in [0.25, 0.3) is 0 Å². The molecular formula is C34H41N3O5. The molecule has 5 rings (SSSR count). The van der Waals surface area contributed by atoms with Crippen LogP contribution in [0, 0.1) is 5.92 Å². The normalized spacial score (nSPS) is 23.3. The van der Waals surface area contributed by atoms with Gasteiger partial charge >= 0.3 is 6.09 Å². The third-order valence-electron chi connectivity index (χ3n) is 8.01. The molecule has 3 aromatic carbocycles. The van der Waals surface area contributed by atoms with Gasteiger partial charge in [-0.1, -0.05) is 86.3 Å². The van der Waals surface area contributed by atoms with Gasteiger partial charge in [0.2, 0.25) is 0 Å². The van der Waals surface area contributed by atoms with Gasteiger partial charge in [-0.3, -0.25) is 15.1 Å². The van der Waals surface area contributed by atoms with E-state index in [1.807, 2.05) is 48.5 Å². The third-order valence-corrected chi connectivity index (χ3v) is 8.01. The number of ether oxygens (including phenoxy) is 3. The molecule has 0 spiro atoms. The van der Waals surface area contributed by atoms with E-state index in [1.165, 1.54) is 11.6 Å². The summed E-state index contributed by atoms with van der Waals surface area (Å²) < 4.78 is 18.3. The predicted molar refractivity (Wildman–Crippen MR) is 163 cm³/mol. The number of piperazine rings is 1. The minimum absolute atomic E-state index is 0.000987. The van der Waals surface area contributed by atoms with Gasteiger partial charge in [-0.15, -0.1) is 0 Å². The maximum absolute atomic E-state index is 12.1. The van der Waals surface area contributed by atoms with Crippen molar-refractivity contribution in [2.75, 3.05) is 44.6 Å². The first-order valence-electron chi connectivity index (χ1n) is 14.7. The topological polar surface area (TPSA) is 83.5 Å². The molecule has 222 valence electrons. The molecular weight excluding hydrogens is 530 g/mol. The Morgan fingerprint density at radius 1 is 0.952 bits per heavy atom. The first-order valence-corrected chi connectivity index (χ1v) is 14.7. The molecule has 2 aliphatic rings. The molecule has 8 heteroatoms. The lowest BCUT2D eigenvalue weighted by molar-refractivity contribution is -0.276. The van der Waals surface area contributed by atoms with Crippen LogP contribution >= 0.6 is 0 Å². The van der Waals surface area contributed by atoms with Crippen LogP contribution in [0.4, 0.5) is 10.5 Å². The Balaban J connectivity index is 1.29. The standard InChI is InChI=1S/C34H41N3O5/c1-3-20-40-34(39)35-30-11-7-10-29(21-30)33-41-31(25(2)32(42-33)28-14-12-27(24-38)13-15-28)23-37-18-16-36(17-19-37)22-26-8-5-4-6-9-26/h3-15,21,25,31-33,38H,1,16-20,22-24H2,2H3,(H,35,39)/t25-,31+,32+,33+/m0/s1. The lowest BCUT2D eigenvalue weighted by Gasteiger charge is -2.44. The summed E-state index contributed by atoms with van der Waals surface area (Å²) in [6, 6.07) is 26.1. The zero-order valence-electron chi connectivity index (χ0n) is 24.2. The van der Waals surface area contributed by atoms with E-state index in [0.717, 1.165) is 56.0 Å². The van der Waals surface area contributed by atoms with E-state index in [2.05, 4.69) is 59.0 Å². The molecule has 0 aliphatic carbocycles. The highest BCUT2D eigenvalue weighted by Gasteiger charge is 2.39. The van der Waals surface area contributed by atoms with Gasteiger partial charge in [0.15, 0.2) is 6.29 Å². The molecule has 2 heterocycles. The third kappa shape index (κ3) is 7.85. The van der Waals surface area contributed by atoms with Crippen molar-refractivity contribution in [3.05, 3.63) is 114 Å². The first-order chi connectivity index (χ1) is 20.5. The number of nitrogens with one attached hydrogen (secondary N) is 1. The molecule has 2 N–H and O–H groups in total. The Labute approximate surface area is 248 Å². The van der Waals surface area contributed by atoms with E-state index < -0.39 is 12.4 Å². The second kappa shape index (κ2) is 14.6. The van der Waals surface area contributed by atoms with Gasteiger partial charge in [-0.2, -0.15) is 0 Å². The summed E-state index contributed by atoms with van der Waals surface area (Å²) in [5.41, 5.74) is 4.67. The molecule has 2 fully saturated rings. The smallest absolute Gasteiger partial charge is 0.411 e. The fourth-order valence-electron chi connectivity index (χ4n) is 5.61. The zero-order valence-corrected chi connectivity index (χ0v) is 24.2. The Hall–Kier alpha value is -3.53. The number of carbonyl (C=O) groups excluding carboxylic acids is 1. The highest BCUT2D eigenvalue weighted by molar-refractivity contribution is 5.84. The summed E-state index contributed by atoms with van der Waals surface area (Å²) in [5.74, 6) is 0.0961. The summed E-state index contributed by atoms with van der Waals surface area (Å²) in [5, 5.41) is 12.3. The number of hydrogen-bond acceptors (Lipinski definition) is 7. The van der Waals surface area contributed by atoms with Crippen molar-refractivity contribution in [3.63, 3.8) is 0 Å². The SMILES string of the molecule is C=CCOC(=O)Nc1cccc([C@@H]2O[C@H](CN3CCN(Cc4ccccc4)CC3)[C@H](C)[C@H](c3ccc(CO)cc3)O2)c1. The Bertz CT molecular complexity index is 1290. The second-order valence-electron chi connectivity index (χ2n) is 11.0. The molecule has 1 amide bonds. The largest absolute Gasteiger partial charge is 0.445 e. The van der Waals surface area contributed by atoms with E-state index in [9.17, 15) is 9.90 Å². The molecule has 0 saturated carbocycles. The molecule has 2 saturated heterocycles. The number of aliphatic hydroxyl groups is 1. The molecule has 4 atom stereocenters. The summed E-state index contributed by atoms with van der Waals surface area (Å²) in [6.07, 6.45) is 0.102. The van der Waals surface area contributed by atoms with Crippen molar-refractivity contribution in [2.45, 2.75) is 38.6 Å². The van der Waals surface area contributed by atoms with Crippen LogP contribution in [0.2, 0.25) is 0 Å². The van der Waals surface area contributed by atoms with Crippen LogP contribution in [0.1, 0.15) is 41.6 Å². The number of aliphatic hydroxyl groups excluding tert-OH is 1. The van der Waals surface area contributed by atoms with Crippen LogP contribution < -0.4 is 5.32 Å². The van der Waals surface area contributed by atoms with E-state index >= 15 is 0 Å². The van der Waals surface area contributed by atoms with Crippen molar-refractivity contribution < 1.29 is 24.1 Å². The minimum atomic E-state index is -0.612. The van der Waals surface area contributed by atoms with Crippen molar-refractivity contribution in [2.24, 2.45) is 5.92 Å². The number of benzene rings is 3. The van der Waals surface area contributed by atoms with Crippen LogP contribution in [0.15, 0.2) is 91.5 Å². The maximum Gasteiger partial charge on any atom is 0.411 e. The second-order valence-corrected chi connectivity index (χ2v) is 11.0. The van der Waals surface area contributed by atoms with Crippen molar-refractivity contribution >= 4 is 11.8 Å². The van der Waals surface area contributed by atoms with Crippen LogP contribution in [-0.2, 0) is 27.4 Å². The number of rotatable bonds is 10. The van der Waals surface area contributed by atoms with Crippen molar-refractivity contribution in [1.82, 2.24) is 9.80 Å².